The van der Waals surface area contributed by atoms with E-state index in [9.17, 15) is 4.79 Å². The van der Waals surface area contributed by atoms with E-state index in [0.29, 0.717) is 5.69 Å². The highest BCUT2D eigenvalue weighted by molar-refractivity contribution is 5.94. The zero-order chi connectivity index (χ0) is 13.0. The van der Waals surface area contributed by atoms with Gasteiger partial charge in [-0.25, -0.2) is 4.79 Å². The van der Waals surface area contributed by atoms with E-state index >= 15 is 0 Å². The van der Waals surface area contributed by atoms with Gasteiger partial charge in [0, 0.05) is 5.69 Å². The molecule has 0 aliphatic carbocycles. The Bertz CT molecular complexity index is 550. The van der Waals surface area contributed by atoms with Gasteiger partial charge in [-0.05, 0) is 30.0 Å². The summed E-state index contributed by atoms with van der Waals surface area (Å²) in [5, 5.41) is 9.00. The van der Waals surface area contributed by atoms with E-state index in [-0.39, 0.29) is 5.56 Å². The lowest BCUT2D eigenvalue weighted by atomic mass is 10.0. The monoisotopic (exact) mass is 241 g/mol. The molecule has 0 bridgehead atoms. The molecule has 0 aliphatic rings. The Kier molecular flexibility index (Phi) is 3.63. The van der Waals surface area contributed by atoms with Gasteiger partial charge in [0.25, 0.3) is 0 Å². The molecule has 0 heterocycles. The number of benzene rings is 2. The smallest absolute Gasteiger partial charge is 0.337 e. The number of rotatable bonds is 4. The Morgan fingerprint density at radius 1 is 1.00 bits per heavy atom. The molecule has 0 unspecified atom stereocenters. The fourth-order valence-corrected chi connectivity index (χ4v) is 1.94. The number of aromatic carboxylic acids is 1. The SMILES string of the molecule is Nc1c(CCc2ccccc2)cccc1C(=O)O. The fourth-order valence-electron chi connectivity index (χ4n) is 1.94. The number of carboxylic acid groups (broad SMARTS) is 1. The van der Waals surface area contributed by atoms with Crippen molar-refractivity contribution >= 4 is 11.7 Å². The Morgan fingerprint density at radius 3 is 2.39 bits per heavy atom. The molecule has 2 aromatic carbocycles. The molecule has 3 N–H and O–H groups in total. The van der Waals surface area contributed by atoms with E-state index in [1.165, 1.54) is 11.6 Å². The summed E-state index contributed by atoms with van der Waals surface area (Å²) in [7, 11) is 0. The number of anilines is 1. The first-order chi connectivity index (χ1) is 8.68. The maximum Gasteiger partial charge on any atom is 0.337 e. The first-order valence-corrected chi connectivity index (χ1v) is 5.83. The van der Waals surface area contributed by atoms with Crippen LogP contribution in [0.15, 0.2) is 48.5 Å². The zero-order valence-electron chi connectivity index (χ0n) is 9.97. The minimum atomic E-state index is -0.978. The number of nitrogen functional groups attached to an aromatic ring is 1. The summed E-state index contributed by atoms with van der Waals surface area (Å²) in [6, 6.07) is 15.2. The maximum absolute atomic E-state index is 11.0. The Balaban J connectivity index is 2.15. The van der Waals surface area contributed by atoms with Crippen LogP contribution in [0.3, 0.4) is 0 Å². The molecule has 2 aromatic rings. The van der Waals surface area contributed by atoms with Gasteiger partial charge < -0.3 is 10.8 Å². The van der Waals surface area contributed by atoms with Crippen LogP contribution in [0.2, 0.25) is 0 Å². The third-order valence-corrected chi connectivity index (χ3v) is 2.95. The van der Waals surface area contributed by atoms with Crippen molar-refractivity contribution in [3.8, 4) is 0 Å². The predicted molar refractivity (Wildman–Crippen MR) is 71.7 cm³/mol. The van der Waals surface area contributed by atoms with Gasteiger partial charge in [0.05, 0.1) is 5.56 Å². The van der Waals surface area contributed by atoms with Gasteiger partial charge >= 0.3 is 5.97 Å². The largest absolute Gasteiger partial charge is 0.478 e. The molecule has 0 saturated heterocycles. The molecule has 0 fully saturated rings. The molecule has 92 valence electrons. The highest BCUT2D eigenvalue weighted by Gasteiger charge is 2.10. The van der Waals surface area contributed by atoms with Crippen LogP contribution in [0, 0.1) is 0 Å². The van der Waals surface area contributed by atoms with Crippen LogP contribution >= 0.6 is 0 Å². The molecule has 0 radical (unpaired) electrons. The third kappa shape index (κ3) is 2.69. The lowest BCUT2D eigenvalue weighted by Crippen LogP contribution is -2.06. The van der Waals surface area contributed by atoms with Crippen molar-refractivity contribution in [2.75, 3.05) is 5.73 Å². The lowest BCUT2D eigenvalue weighted by molar-refractivity contribution is 0.0698. The van der Waals surface area contributed by atoms with Crippen LogP contribution in [-0.4, -0.2) is 11.1 Å². The zero-order valence-corrected chi connectivity index (χ0v) is 9.97. The molecular weight excluding hydrogens is 226 g/mol. The summed E-state index contributed by atoms with van der Waals surface area (Å²) in [6.07, 6.45) is 1.60. The fraction of sp³-hybridized carbons (Fsp3) is 0.133. The molecule has 0 atom stereocenters. The van der Waals surface area contributed by atoms with Crippen molar-refractivity contribution in [3.63, 3.8) is 0 Å². The van der Waals surface area contributed by atoms with Crippen LogP contribution in [0.25, 0.3) is 0 Å². The molecule has 0 amide bonds. The lowest BCUT2D eigenvalue weighted by Gasteiger charge is -2.08. The molecule has 18 heavy (non-hydrogen) atoms. The summed E-state index contributed by atoms with van der Waals surface area (Å²) in [6.45, 7) is 0. The van der Waals surface area contributed by atoms with Gasteiger partial charge in [-0.2, -0.15) is 0 Å². The molecule has 2 rings (SSSR count). The van der Waals surface area contributed by atoms with Gasteiger partial charge in [0.2, 0.25) is 0 Å². The van der Waals surface area contributed by atoms with Gasteiger partial charge in [-0.15, -0.1) is 0 Å². The molecular formula is C15H15NO2. The van der Waals surface area contributed by atoms with Gasteiger partial charge in [0.15, 0.2) is 0 Å². The first kappa shape index (κ1) is 12.2. The molecule has 0 aromatic heterocycles. The summed E-state index contributed by atoms with van der Waals surface area (Å²) < 4.78 is 0. The molecule has 0 saturated carbocycles. The van der Waals surface area contributed by atoms with E-state index in [0.717, 1.165) is 18.4 Å². The average molecular weight is 241 g/mol. The second-order valence-electron chi connectivity index (χ2n) is 4.17. The number of carboxylic acids is 1. The summed E-state index contributed by atoms with van der Waals surface area (Å²) >= 11 is 0. The topological polar surface area (TPSA) is 63.3 Å². The number of nitrogens with two attached hydrogens (primary N) is 1. The van der Waals surface area contributed by atoms with Crippen LogP contribution in [-0.2, 0) is 12.8 Å². The van der Waals surface area contributed by atoms with E-state index in [2.05, 4.69) is 12.1 Å². The van der Waals surface area contributed by atoms with E-state index in [1.807, 2.05) is 24.3 Å². The van der Waals surface area contributed by atoms with Crippen LogP contribution in [0.5, 0.6) is 0 Å². The molecule has 0 aliphatic heterocycles. The predicted octanol–water partition coefficient (Wildman–Crippen LogP) is 2.75. The number of hydrogen-bond acceptors (Lipinski definition) is 2. The van der Waals surface area contributed by atoms with Crippen molar-refractivity contribution in [1.29, 1.82) is 0 Å². The summed E-state index contributed by atoms with van der Waals surface area (Å²) in [5.74, 6) is -0.978. The second-order valence-corrected chi connectivity index (χ2v) is 4.17. The molecule has 0 spiro atoms. The number of aryl methyl sites for hydroxylation is 2. The van der Waals surface area contributed by atoms with Crippen molar-refractivity contribution in [2.24, 2.45) is 0 Å². The first-order valence-electron chi connectivity index (χ1n) is 5.83. The quantitative estimate of drug-likeness (QED) is 0.809. The number of para-hydroxylation sites is 1. The second kappa shape index (κ2) is 5.36. The Labute approximate surface area is 106 Å². The van der Waals surface area contributed by atoms with Gasteiger partial charge in [-0.3, -0.25) is 0 Å². The third-order valence-electron chi connectivity index (χ3n) is 2.95. The minimum Gasteiger partial charge on any atom is -0.478 e. The van der Waals surface area contributed by atoms with Crippen molar-refractivity contribution in [2.45, 2.75) is 12.8 Å². The minimum absolute atomic E-state index is 0.181. The standard InChI is InChI=1S/C15H15NO2/c16-14-12(7-4-8-13(14)15(17)18)10-9-11-5-2-1-3-6-11/h1-8H,9-10,16H2,(H,17,18). The Morgan fingerprint density at radius 2 is 1.72 bits per heavy atom. The highest BCUT2D eigenvalue weighted by atomic mass is 16.4. The Hall–Kier alpha value is -2.29. The summed E-state index contributed by atoms with van der Waals surface area (Å²) in [5.41, 5.74) is 8.53. The molecule has 3 heteroatoms. The van der Waals surface area contributed by atoms with E-state index in [4.69, 9.17) is 10.8 Å². The van der Waals surface area contributed by atoms with Crippen molar-refractivity contribution < 1.29 is 9.90 Å². The van der Waals surface area contributed by atoms with Crippen LogP contribution in [0.4, 0.5) is 5.69 Å². The van der Waals surface area contributed by atoms with E-state index < -0.39 is 5.97 Å². The van der Waals surface area contributed by atoms with Gasteiger partial charge in [-0.1, -0.05) is 42.5 Å². The van der Waals surface area contributed by atoms with Gasteiger partial charge in [0.1, 0.15) is 0 Å². The summed E-state index contributed by atoms with van der Waals surface area (Å²) in [4.78, 5) is 11.0. The number of hydrogen-bond donors (Lipinski definition) is 2. The maximum atomic E-state index is 11.0. The van der Waals surface area contributed by atoms with E-state index in [1.54, 1.807) is 6.07 Å². The van der Waals surface area contributed by atoms with Crippen LogP contribution in [0.1, 0.15) is 21.5 Å². The highest BCUT2D eigenvalue weighted by Crippen LogP contribution is 2.19. The van der Waals surface area contributed by atoms with Crippen molar-refractivity contribution in [3.05, 3.63) is 65.2 Å². The normalized spacial score (nSPS) is 10.2. The van der Waals surface area contributed by atoms with Crippen molar-refractivity contribution in [1.82, 2.24) is 0 Å². The van der Waals surface area contributed by atoms with Crippen LogP contribution < -0.4 is 5.73 Å². The molecule has 3 nitrogen and oxygen atoms in total. The average Bonchev–Trinajstić information content (AvgIpc) is 2.38. The number of carbonyl (C=O) groups is 1.